The summed E-state index contributed by atoms with van der Waals surface area (Å²) in [6.07, 6.45) is 1.83. The number of nitrogens with two attached hydrogens (primary N) is 1. The van der Waals surface area contributed by atoms with Gasteiger partial charge in [0.1, 0.15) is 18.2 Å². The fraction of sp³-hybridized carbons (Fsp3) is 0.375. The number of aromatic nitrogens is 2. The molecule has 0 amide bonds. The first-order valence-corrected chi connectivity index (χ1v) is 7.03. The molecule has 0 bridgehead atoms. The first kappa shape index (κ1) is 15.3. The van der Waals surface area contributed by atoms with E-state index in [9.17, 15) is 4.79 Å². The van der Waals surface area contributed by atoms with Crippen molar-refractivity contribution in [1.82, 2.24) is 9.78 Å². The smallest absolute Gasteiger partial charge is 0.156 e. The molecule has 2 rings (SSSR count). The largest absolute Gasteiger partial charge is 0.383 e. The maximum atomic E-state index is 11.3. The lowest BCUT2D eigenvalue weighted by atomic mass is 9.96. The van der Waals surface area contributed by atoms with Crippen molar-refractivity contribution in [2.24, 2.45) is 0 Å². The van der Waals surface area contributed by atoms with Crippen LogP contribution in [0.25, 0.3) is 11.3 Å². The minimum absolute atomic E-state index is 0.220. The number of methoxy groups -OCH3 is 1. The van der Waals surface area contributed by atoms with E-state index in [0.29, 0.717) is 23.0 Å². The number of hydrogen-bond acceptors (Lipinski definition) is 4. The lowest BCUT2D eigenvalue weighted by Gasteiger charge is -2.09. The van der Waals surface area contributed by atoms with Crippen molar-refractivity contribution >= 4 is 12.1 Å². The molecule has 0 radical (unpaired) electrons. The molecule has 2 N–H and O–H groups in total. The molecule has 0 saturated carbocycles. The normalized spacial score (nSPS) is 12.3. The van der Waals surface area contributed by atoms with Gasteiger partial charge in [-0.15, -0.1) is 0 Å². The molecule has 1 aromatic heterocycles. The molecule has 0 fully saturated rings. The second-order valence-corrected chi connectivity index (χ2v) is 5.11. The van der Waals surface area contributed by atoms with Gasteiger partial charge in [-0.25, -0.2) is 4.68 Å². The highest BCUT2D eigenvalue weighted by atomic mass is 16.5. The second kappa shape index (κ2) is 6.54. The van der Waals surface area contributed by atoms with Gasteiger partial charge in [-0.1, -0.05) is 38.1 Å². The minimum atomic E-state index is 0.220. The zero-order valence-corrected chi connectivity index (χ0v) is 12.7. The third-order valence-corrected chi connectivity index (χ3v) is 3.76. The van der Waals surface area contributed by atoms with Crippen LogP contribution in [0.3, 0.4) is 0 Å². The van der Waals surface area contributed by atoms with Gasteiger partial charge in [0, 0.05) is 12.7 Å². The SMILES string of the molecule is CCC(C)c1ccc(-c2nn(COC)c(N)c2C=O)cc1. The van der Waals surface area contributed by atoms with Crippen LogP contribution in [0, 0.1) is 0 Å². The van der Waals surface area contributed by atoms with E-state index >= 15 is 0 Å². The van der Waals surface area contributed by atoms with E-state index in [4.69, 9.17) is 10.5 Å². The second-order valence-electron chi connectivity index (χ2n) is 5.11. The summed E-state index contributed by atoms with van der Waals surface area (Å²) in [6.45, 7) is 4.57. The standard InChI is InChI=1S/C16H21N3O2/c1-4-11(2)12-5-7-13(8-6-12)15-14(9-20)16(17)19(18-15)10-21-3/h5-9,11H,4,10,17H2,1-3H3. The third kappa shape index (κ3) is 2.97. The number of aldehydes is 1. The van der Waals surface area contributed by atoms with Crippen molar-refractivity contribution in [2.75, 3.05) is 12.8 Å². The van der Waals surface area contributed by atoms with E-state index in [1.54, 1.807) is 7.11 Å². The summed E-state index contributed by atoms with van der Waals surface area (Å²) in [7, 11) is 1.56. The number of ether oxygens (including phenoxy) is 1. The summed E-state index contributed by atoms with van der Waals surface area (Å²) in [5, 5.41) is 4.37. The summed E-state index contributed by atoms with van der Waals surface area (Å²) in [5.74, 6) is 0.841. The summed E-state index contributed by atoms with van der Waals surface area (Å²) >= 11 is 0. The van der Waals surface area contributed by atoms with Crippen molar-refractivity contribution in [2.45, 2.75) is 32.9 Å². The summed E-state index contributed by atoms with van der Waals surface area (Å²) in [4.78, 5) is 11.3. The van der Waals surface area contributed by atoms with Crippen LogP contribution < -0.4 is 5.73 Å². The molecule has 21 heavy (non-hydrogen) atoms. The Morgan fingerprint density at radius 1 is 1.38 bits per heavy atom. The Hall–Kier alpha value is -2.14. The van der Waals surface area contributed by atoms with Crippen LogP contribution in [-0.4, -0.2) is 23.2 Å². The fourth-order valence-corrected chi connectivity index (χ4v) is 2.24. The molecule has 5 nitrogen and oxygen atoms in total. The van der Waals surface area contributed by atoms with Gasteiger partial charge in [-0.3, -0.25) is 4.79 Å². The van der Waals surface area contributed by atoms with E-state index < -0.39 is 0 Å². The molecule has 1 aromatic carbocycles. The Morgan fingerprint density at radius 2 is 2.05 bits per heavy atom. The third-order valence-electron chi connectivity index (χ3n) is 3.76. The predicted octanol–water partition coefficient (Wildman–Crippen LogP) is 3.06. The Balaban J connectivity index is 2.41. The zero-order chi connectivity index (χ0) is 15.4. The van der Waals surface area contributed by atoms with Gasteiger partial charge < -0.3 is 10.5 Å². The maximum Gasteiger partial charge on any atom is 0.156 e. The monoisotopic (exact) mass is 287 g/mol. The van der Waals surface area contributed by atoms with E-state index in [-0.39, 0.29) is 6.73 Å². The van der Waals surface area contributed by atoms with Gasteiger partial charge in [0.25, 0.3) is 0 Å². The Bertz CT molecular complexity index is 617. The molecule has 0 saturated heterocycles. The molecule has 0 aliphatic heterocycles. The van der Waals surface area contributed by atoms with Crippen LogP contribution in [0.2, 0.25) is 0 Å². The average molecular weight is 287 g/mol. The summed E-state index contributed by atoms with van der Waals surface area (Å²) in [6, 6.07) is 8.11. The molecule has 1 unspecified atom stereocenters. The van der Waals surface area contributed by atoms with Gasteiger partial charge in [-0.2, -0.15) is 5.10 Å². The van der Waals surface area contributed by atoms with Gasteiger partial charge in [0.05, 0.1) is 5.56 Å². The van der Waals surface area contributed by atoms with Crippen molar-refractivity contribution in [1.29, 1.82) is 0 Å². The number of nitrogen functional groups attached to an aromatic ring is 1. The van der Waals surface area contributed by atoms with Gasteiger partial charge in [0.2, 0.25) is 0 Å². The van der Waals surface area contributed by atoms with E-state index in [2.05, 4.69) is 31.1 Å². The molecule has 0 aliphatic carbocycles. The number of nitrogens with zero attached hydrogens (tertiary/aromatic N) is 2. The summed E-state index contributed by atoms with van der Waals surface area (Å²) < 4.78 is 6.51. The number of carbonyl (C=O) groups excluding carboxylic acids is 1. The zero-order valence-electron chi connectivity index (χ0n) is 12.7. The van der Waals surface area contributed by atoms with Crippen LogP contribution in [-0.2, 0) is 11.5 Å². The molecule has 2 aromatic rings. The minimum Gasteiger partial charge on any atom is -0.383 e. The molecule has 1 atom stereocenters. The Morgan fingerprint density at radius 3 is 2.57 bits per heavy atom. The van der Waals surface area contributed by atoms with Crippen LogP contribution in [0.5, 0.6) is 0 Å². The van der Waals surface area contributed by atoms with Gasteiger partial charge in [-0.05, 0) is 17.9 Å². The lowest BCUT2D eigenvalue weighted by molar-refractivity contribution is 0.112. The number of hydrogen-bond donors (Lipinski definition) is 1. The van der Waals surface area contributed by atoms with Crippen LogP contribution in [0.15, 0.2) is 24.3 Å². The van der Waals surface area contributed by atoms with Crippen molar-refractivity contribution in [3.05, 3.63) is 35.4 Å². The van der Waals surface area contributed by atoms with Crippen molar-refractivity contribution in [3.8, 4) is 11.3 Å². The van der Waals surface area contributed by atoms with Crippen LogP contribution >= 0.6 is 0 Å². The predicted molar refractivity (Wildman–Crippen MR) is 83.2 cm³/mol. The molecule has 1 heterocycles. The average Bonchev–Trinajstić information content (AvgIpc) is 2.83. The molecule has 0 spiro atoms. The highest BCUT2D eigenvalue weighted by Gasteiger charge is 2.16. The Kier molecular flexibility index (Phi) is 4.75. The first-order chi connectivity index (χ1) is 10.1. The van der Waals surface area contributed by atoms with E-state index in [1.165, 1.54) is 10.2 Å². The molecular weight excluding hydrogens is 266 g/mol. The molecule has 112 valence electrons. The fourth-order valence-electron chi connectivity index (χ4n) is 2.24. The topological polar surface area (TPSA) is 70.1 Å². The quantitative estimate of drug-likeness (QED) is 0.829. The highest BCUT2D eigenvalue weighted by Crippen LogP contribution is 2.28. The molecule has 5 heteroatoms. The summed E-state index contributed by atoms with van der Waals surface area (Å²) in [5.41, 5.74) is 9.08. The molecular formula is C16H21N3O2. The highest BCUT2D eigenvalue weighted by molar-refractivity contribution is 5.91. The van der Waals surface area contributed by atoms with Gasteiger partial charge in [0.15, 0.2) is 6.29 Å². The van der Waals surface area contributed by atoms with Crippen molar-refractivity contribution < 1.29 is 9.53 Å². The van der Waals surface area contributed by atoms with Gasteiger partial charge >= 0.3 is 0 Å². The van der Waals surface area contributed by atoms with Crippen LogP contribution in [0.4, 0.5) is 5.82 Å². The molecule has 0 aliphatic rings. The maximum absolute atomic E-state index is 11.3. The number of rotatable bonds is 6. The van der Waals surface area contributed by atoms with E-state index in [0.717, 1.165) is 18.3 Å². The van der Waals surface area contributed by atoms with Crippen molar-refractivity contribution in [3.63, 3.8) is 0 Å². The Labute approximate surface area is 124 Å². The number of benzene rings is 1. The lowest BCUT2D eigenvalue weighted by Crippen LogP contribution is -2.06. The number of carbonyl (C=O) groups is 1. The van der Waals surface area contributed by atoms with Crippen LogP contribution in [0.1, 0.15) is 42.1 Å². The van der Waals surface area contributed by atoms with E-state index in [1.807, 2.05) is 12.1 Å². The number of anilines is 1. The first-order valence-electron chi connectivity index (χ1n) is 7.03.